The van der Waals surface area contributed by atoms with Crippen molar-refractivity contribution in [3.8, 4) is 0 Å². The number of aromatic amines is 1. The number of carbonyl (C=O) groups is 1. The standard InChI is InChI=1S/C13H11N3O2S/c17-13(18)9-4-11(19-7-9)6-14-10-1-2-12-8(3-10)5-15-16-12/h1-5,7,14H,6H2,(H,15,16)(H,17,18). The minimum atomic E-state index is -0.887. The number of aromatic carboxylic acids is 1. The number of H-pyrrole nitrogens is 1. The molecule has 2 aromatic heterocycles. The van der Waals surface area contributed by atoms with E-state index in [2.05, 4.69) is 15.5 Å². The van der Waals surface area contributed by atoms with Crippen LogP contribution in [0.2, 0.25) is 0 Å². The zero-order chi connectivity index (χ0) is 13.2. The molecule has 0 fully saturated rings. The van der Waals surface area contributed by atoms with E-state index in [1.807, 2.05) is 18.2 Å². The van der Waals surface area contributed by atoms with E-state index in [0.29, 0.717) is 12.1 Å². The van der Waals surface area contributed by atoms with Crippen molar-refractivity contribution in [2.24, 2.45) is 0 Å². The molecule has 0 aliphatic heterocycles. The van der Waals surface area contributed by atoms with Crippen molar-refractivity contribution in [2.45, 2.75) is 6.54 Å². The fraction of sp³-hybridized carbons (Fsp3) is 0.0769. The third-order valence-corrected chi connectivity index (χ3v) is 3.74. The summed E-state index contributed by atoms with van der Waals surface area (Å²) in [6, 6.07) is 7.62. The van der Waals surface area contributed by atoms with Gasteiger partial charge in [-0.05, 0) is 24.3 Å². The summed E-state index contributed by atoms with van der Waals surface area (Å²) < 4.78 is 0. The molecule has 6 heteroatoms. The van der Waals surface area contributed by atoms with E-state index >= 15 is 0 Å². The van der Waals surface area contributed by atoms with Crippen molar-refractivity contribution >= 4 is 33.9 Å². The molecular formula is C13H11N3O2S. The Bertz CT molecular complexity index is 732. The molecule has 96 valence electrons. The van der Waals surface area contributed by atoms with Gasteiger partial charge < -0.3 is 10.4 Å². The molecule has 0 saturated carbocycles. The molecule has 3 rings (SSSR count). The smallest absolute Gasteiger partial charge is 0.336 e. The summed E-state index contributed by atoms with van der Waals surface area (Å²) >= 11 is 1.44. The molecule has 19 heavy (non-hydrogen) atoms. The lowest BCUT2D eigenvalue weighted by atomic mass is 10.2. The summed E-state index contributed by atoms with van der Waals surface area (Å²) in [4.78, 5) is 11.8. The van der Waals surface area contributed by atoms with E-state index in [4.69, 9.17) is 5.11 Å². The van der Waals surface area contributed by atoms with E-state index < -0.39 is 5.97 Å². The van der Waals surface area contributed by atoms with Gasteiger partial charge >= 0.3 is 5.97 Å². The van der Waals surface area contributed by atoms with Gasteiger partial charge in [-0.15, -0.1) is 11.3 Å². The van der Waals surface area contributed by atoms with Crippen molar-refractivity contribution < 1.29 is 9.90 Å². The number of benzene rings is 1. The first-order valence-corrected chi connectivity index (χ1v) is 6.58. The Morgan fingerprint density at radius 3 is 3.11 bits per heavy atom. The fourth-order valence-corrected chi connectivity index (χ4v) is 2.63. The average molecular weight is 273 g/mol. The number of carboxylic acids is 1. The Kier molecular flexibility index (Phi) is 2.92. The van der Waals surface area contributed by atoms with Crippen LogP contribution < -0.4 is 5.32 Å². The Morgan fingerprint density at radius 2 is 2.32 bits per heavy atom. The fourth-order valence-electron chi connectivity index (χ4n) is 1.83. The van der Waals surface area contributed by atoms with Crippen LogP contribution in [-0.2, 0) is 6.54 Å². The zero-order valence-electron chi connectivity index (χ0n) is 9.88. The van der Waals surface area contributed by atoms with Crippen LogP contribution in [0, 0.1) is 0 Å². The van der Waals surface area contributed by atoms with Crippen LogP contribution >= 0.6 is 11.3 Å². The van der Waals surface area contributed by atoms with Crippen molar-refractivity contribution in [2.75, 3.05) is 5.32 Å². The molecule has 0 atom stereocenters. The highest BCUT2D eigenvalue weighted by Crippen LogP contribution is 2.19. The van der Waals surface area contributed by atoms with Gasteiger partial charge in [0.05, 0.1) is 17.3 Å². The Hall–Kier alpha value is -2.34. The third kappa shape index (κ3) is 2.43. The molecule has 0 bridgehead atoms. The number of nitrogens with zero attached hydrogens (tertiary/aromatic N) is 1. The lowest BCUT2D eigenvalue weighted by Gasteiger charge is -2.04. The highest BCUT2D eigenvalue weighted by Gasteiger charge is 2.06. The van der Waals surface area contributed by atoms with Gasteiger partial charge in [0, 0.05) is 27.9 Å². The summed E-state index contributed by atoms with van der Waals surface area (Å²) in [6.45, 7) is 0.612. The first kappa shape index (κ1) is 11.7. The van der Waals surface area contributed by atoms with Gasteiger partial charge in [-0.25, -0.2) is 4.79 Å². The quantitative estimate of drug-likeness (QED) is 0.683. The van der Waals surface area contributed by atoms with Crippen molar-refractivity contribution in [3.63, 3.8) is 0 Å². The molecule has 2 heterocycles. The molecule has 3 aromatic rings. The molecular weight excluding hydrogens is 262 g/mol. The Balaban J connectivity index is 1.72. The minimum Gasteiger partial charge on any atom is -0.478 e. The van der Waals surface area contributed by atoms with E-state index in [-0.39, 0.29) is 0 Å². The summed E-state index contributed by atoms with van der Waals surface area (Å²) in [5.74, 6) is -0.887. The Labute approximate surface area is 112 Å². The predicted molar refractivity (Wildman–Crippen MR) is 74.7 cm³/mol. The number of hydrogen-bond acceptors (Lipinski definition) is 4. The monoisotopic (exact) mass is 273 g/mol. The van der Waals surface area contributed by atoms with Gasteiger partial charge in [-0.3, -0.25) is 5.10 Å². The molecule has 0 saturated heterocycles. The zero-order valence-corrected chi connectivity index (χ0v) is 10.7. The lowest BCUT2D eigenvalue weighted by Crippen LogP contribution is -1.97. The van der Waals surface area contributed by atoms with Gasteiger partial charge in [0.2, 0.25) is 0 Å². The van der Waals surface area contributed by atoms with E-state index in [0.717, 1.165) is 21.5 Å². The number of thiophene rings is 1. The summed E-state index contributed by atoms with van der Waals surface area (Å²) in [5, 5.41) is 21.7. The molecule has 5 nitrogen and oxygen atoms in total. The number of hydrogen-bond donors (Lipinski definition) is 3. The summed E-state index contributed by atoms with van der Waals surface area (Å²) in [7, 11) is 0. The van der Waals surface area contributed by atoms with E-state index in [1.165, 1.54) is 11.3 Å². The molecule has 0 amide bonds. The summed E-state index contributed by atoms with van der Waals surface area (Å²) in [6.07, 6.45) is 1.77. The highest BCUT2D eigenvalue weighted by atomic mass is 32.1. The molecule has 0 aliphatic carbocycles. The molecule has 0 aliphatic rings. The Morgan fingerprint density at radius 1 is 1.42 bits per heavy atom. The second-order valence-electron chi connectivity index (χ2n) is 4.13. The summed E-state index contributed by atoms with van der Waals surface area (Å²) in [5.41, 5.74) is 2.32. The maximum atomic E-state index is 10.8. The number of anilines is 1. The van der Waals surface area contributed by atoms with Crippen LogP contribution in [-0.4, -0.2) is 21.3 Å². The van der Waals surface area contributed by atoms with Gasteiger partial charge in [0.25, 0.3) is 0 Å². The van der Waals surface area contributed by atoms with Crippen molar-refractivity contribution in [3.05, 3.63) is 46.3 Å². The maximum absolute atomic E-state index is 10.8. The molecule has 0 spiro atoms. The minimum absolute atomic E-state index is 0.340. The topological polar surface area (TPSA) is 78.0 Å². The number of carboxylic acid groups (broad SMARTS) is 1. The number of fused-ring (bicyclic) bond motifs is 1. The van der Waals surface area contributed by atoms with Crippen LogP contribution in [0.3, 0.4) is 0 Å². The second kappa shape index (κ2) is 4.74. The van der Waals surface area contributed by atoms with Gasteiger partial charge in [0.15, 0.2) is 0 Å². The van der Waals surface area contributed by atoms with Crippen LogP contribution in [0.15, 0.2) is 35.8 Å². The van der Waals surface area contributed by atoms with E-state index in [9.17, 15) is 4.79 Å². The first-order valence-electron chi connectivity index (χ1n) is 5.70. The van der Waals surface area contributed by atoms with Crippen LogP contribution in [0.5, 0.6) is 0 Å². The van der Waals surface area contributed by atoms with Gasteiger partial charge in [-0.2, -0.15) is 5.10 Å². The first-order chi connectivity index (χ1) is 9.22. The third-order valence-electron chi connectivity index (χ3n) is 2.81. The van der Waals surface area contributed by atoms with Gasteiger partial charge in [-0.1, -0.05) is 0 Å². The van der Waals surface area contributed by atoms with Gasteiger partial charge in [0.1, 0.15) is 0 Å². The van der Waals surface area contributed by atoms with Crippen LogP contribution in [0.25, 0.3) is 10.9 Å². The largest absolute Gasteiger partial charge is 0.478 e. The maximum Gasteiger partial charge on any atom is 0.336 e. The van der Waals surface area contributed by atoms with Crippen molar-refractivity contribution in [1.29, 1.82) is 0 Å². The molecule has 0 radical (unpaired) electrons. The lowest BCUT2D eigenvalue weighted by molar-refractivity contribution is 0.0697. The SMILES string of the molecule is O=C(O)c1csc(CNc2ccc3[nH]ncc3c2)c1. The molecule has 0 unspecified atom stereocenters. The van der Waals surface area contributed by atoms with Crippen LogP contribution in [0.4, 0.5) is 5.69 Å². The highest BCUT2D eigenvalue weighted by molar-refractivity contribution is 7.10. The predicted octanol–water partition coefficient (Wildman–Crippen LogP) is 2.93. The normalized spacial score (nSPS) is 10.7. The van der Waals surface area contributed by atoms with E-state index in [1.54, 1.807) is 17.6 Å². The number of nitrogens with one attached hydrogen (secondary N) is 2. The second-order valence-corrected chi connectivity index (χ2v) is 5.13. The number of rotatable bonds is 4. The van der Waals surface area contributed by atoms with Crippen LogP contribution in [0.1, 0.15) is 15.2 Å². The van der Waals surface area contributed by atoms with Crippen molar-refractivity contribution in [1.82, 2.24) is 10.2 Å². The number of aromatic nitrogens is 2. The average Bonchev–Trinajstić information content (AvgIpc) is 3.04. The molecule has 3 N–H and O–H groups in total. The molecule has 1 aromatic carbocycles.